The third-order valence-corrected chi connectivity index (χ3v) is 5.11. The first kappa shape index (κ1) is 19.3. The summed E-state index contributed by atoms with van der Waals surface area (Å²) in [7, 11) is 0. The number of likely N-dealkylation sites (tertiary alicyclic amines) is 1. The van der Waals surface area contributed by atoms with E-state index in [2.05, 4.69) is 29.0 Å². The van der Waals surface area contributed by atoms with Crippen molar-refractivity contribution in [2.45, 2.75) is 38.7 Å². The monoisotopic (exact) mass is 373 g/mol. The Labute approximate surface area is 158 Å². The van der Waals surface area contributed by atoms with E-state index in [1.807, 2.05) is 11.0 Å². The van der Waals surface area contributed by atoms with E-state index in [4.69, 9.17) is 0 Å². The normalized spacial score (nSPS) is 15.1. The van der Waals surface area contributed by atoms with E-state index < -0.39 is 6.61 Å². The zero-order chi connectivity index (χ0) is 19.1. The Balaban J connectivity index is 1.40. The molecule has 3 nitrogen and oxygen atoms in total. The van der Waals surface area contributed by atoms with Crippen molar-refractivity contribution in [3.05, 3.63) is 65.7 Å². The molecule has 3 rings (SSSR count). The second-order valence-corrected chi connectivity index (χ2v) is 7.04. The molecule has 0 bridgehead atoms. The van der Waals surface area contributed by atoms with Crippen LogP contribution in [0.5, 0.6) is 5.75 Å². The minimum Gasteiger partial charge on any atom is -0.435 e. The summed E-state index contributed by atoms with van der Waals surface area (Å²) in [6.45, 7) is -1.18. The van der Waals surface area contributed by atoms with Crippen LogP contribution in [0.1, 0.15) is 30.4 Å². The van der Waals surface area contributed by atoms with Crippen LogP contribution in [0.25, 0.3) is 0 Å². The van der Waals surface area contributed by atoms with Gasteiger partial charge < -0.3 is 9.64 Å². The van der Waals surface area contributed by atoms with Crippen molar-refractivity contribution in [2.75, 3.05) is 13.1 Å². The standard InChI is InChI=1S/C22H25F2NO2/c23-22(24)27-20-9-6-17(7-10-20)8-11-21(26)25-14-12-19(13-15-25)16-18-4-2-1-3-5-18/h1-7,9-10,19,22H,8,11-16H2. The van der Waals surface area contributed by atoms with Gasteiger partial charge in [-0.2, -0.15) is 8.78 Å². The minimum absolute atomic E-state index is 0.139. The molecule has 0 saturated carbocycles. The van der Waals surface area contributed by atoms with Gasteiger partial charge in [0, 0.05) is 19.5 Å². The van der Waals surface area contributed by atoms with Crippen LogP contribution < -0.4 is 4.74 Å². The second kappa shape index (κ2) is 9.49. The van der Waals surface area contributed by atoms with Crippen molar-refractivity contribution in [3.8, 4) is 5.75 Å². The van der Waals surface area contributed by atoms with Gasteiger partial charge in [0.2, 0.25) is 5.91 Å². The molecule has 0 unspecified atom stereocenters. The minimum atomic E-state index is -2.82. The van der Waals surface area contributed by atoms with Gasteiger partial charge in [-0.25, -0.2) is 0 Å². The lowest BCUT2D eigenvalue weighted by atomic mass is 9.90. The highest BCUT2D eigenvalue weighted by atomic mass is 19.3. The SMILES string of the molecule is O=C(CCc1ccc(OC(F)F)cc1)N1CCC(Cc2ccccc2)CC1. The lowest BCUT2D eigenvalue weighted by Crippen LogP contribution is -2.39. The molecule has 0 atom stereocenters. The highest BCUT2D eigenvalue weighted by Crippen LogP contribution is 2.22. The molecule has 1 fully saturated rings. The van der Waals surface area contributed by atoms with Gasteiger partial charge in [-0.1, -0.05) is 42.5 Å². The Morgan fingerprint density at radius 2 is 1.67 bits per heavy atom. The number of carbonyl (C=O) groups is 1. The lowest BCUT2D eigenvalue weighted by molar-refractivity contribution is -0.132. The molecule has 0 spiro atoms. The van der Waals surface area contributed by atoms with Crippen LogP contribution in [0.15, 0.2) is 54.6 Å². The molecule has 1 aliphatic rings. The van der Waals surface area contributed by atoms with Crippen molar-refractivity contribution in [1.82, 2.24) is 4.90 Å². The maximum Gasteiger partial charge on any atom is 0.387 e. The third kappa shape index (κ3) is 6.05. The number of nitrogens with zero attached hydrogens (tertiary/aromatic N) is 1. The fraction of sp³-hybridized carbons (Fsp3) is 0.409. The fourth-order valence-electron chi connectivity index (χ4n) is 3.58. The van der Waals surface area contributed by atoms with E-state index in [0.29, 0.717) is 18.8 Å². The maximum atomic E-state index is 12.5. The smallest absolute Gasteiger partial charge is 0.387 e. The highest BCUT2D eigenvalue weighted by Gasteiger charge is 2.22. The molecule has 2 aromatic rings. The number of aryl methyl sites for hydroxylation is 1. The maximum absolute atomic E-state index is 12.5. The second-order valence-electron chi connectivity index (χ2n) is 7.04. The molecular formula is C22H25F2NO2. The van der Waals surface area contributed by atoms with Gasteiger partial charge in [0.25, 0.3) is 0 Å². The summed E-state index contributed by atoms with van der Waals surface area (Å²) in [6.07, 6.45) is 4.21. The molecule has 1 aliphatic heterocycles. The molecule has 5 heteroatoms. The molecule has 0 N–H and O–H groups in total. The Morgan fingerprint density at radius 1 is 1.00 bits per heavy atom. The summed E-state index contributed by atoms with van der Waals surface area (Å²) < 4.78 is 28.7. The number of rotatable bonds is 7. The number of hydrogen-bond acceptors (Lipinski definition) is 2. The zero-order valence-electron chi connectivity index (χ0n) is 15.3. The third-order valence-electron chi connectivity index (χ3n) is 5.11. The van der Waals surface area contributed by atoms with E-state index in [9.17, 15) is 13.6 Å². The molecule has 0 radical (unpaired) electrons. The largest absolute Gasteiger partial charge is 0.435 e. The van der Waals surface area contributed by atoms with Crippen molar-refractivity contribution >= 4 is 5.91 Å². The highest BCUT2D eigenvalue weighted by molar-refractivity contribution is 5.76. The van der Waals surface area contributed by atoms with Crippen molar-refractivity contribution in [3.63, 3.8) is 0 Å². The van der Waals surface area contributed by atoms with Gasteiger partial charge >= 0.3 is 6.61 Å². The first-order chi connectivity index (χ1) is 13.1. The Hall–Kier alpha value is -2.43. The first-order valence-corrected chi connectivity index (χ1v) is 9.45. The molecule has 0 aromatic heterocycles. The average molecular weight is 373 g/mol. The number of benzene rings is 2. The fourth-order valence-corrected chi connectivity index (χ4v) is 3.58. The summed E-state index contributed by atoms with van der Waals surface area (Å²) in [5.41, 5.74) is 2.31. The number of amides is 1. The van der Waals surface area contributed by atoms with Crippen molar-refractivity contribution in [2.24, 2.45) is 5.92 Å². The average Bonchev–Trinajstić information content (AvgIpc) is 2.68. The van der Waals surface area contributed by atoms with Crippen LogP contribution in [0, 0.1) is 5.92 Å². The molecular weight excluding hydrogens is 348 g/mol. The number of hydrogen-bond donors (Lipinski definition) is 0. The van der Waals surface area contributed by atoms with Crippen LogP contribution in [0.3, 0.4) is 0 Å². The van der Waals surface area contributed by atoms with E-state index in [-0.39, 0.29) is 11.7 Å². The Bertz CT molecular complexity index is 711. The molecule has 2 aromatic carbocycles. The van der Waals surface area contributed by atoms with Crippen molar-refractivity contribution < 1.29 is 18.3 Å². The van der Waals surface area contributed by atoms with E-state index in [1.54, 1.807) is 12.1 Å². The number of ether oxygens (including phenoxy) is 1. The van der Waals surface area contributed by atoms with Gasteiger partial charge in [-0.15, -0.1) is 0 Å². The van der Waals surface area contributed by atoms with Crippen LogP contribution in [-0.2, 0) is 17.6 Å². The van der Waals surface area contributed by atoms with Crippen LogP contribution in [0.2, 0.25) is 0 Å². The number of carbonyl (C=O) groups excluding carboxylic acids is 1. The summed E-state index contributed by atoms with van der Waals surface area (Å²) >= 11 is 0. The predicted molar refractivity (Wildman–Crippen MR) is 101 cm³/mol. The summed E-state index contributed by atoms with van der Waals surface area (Å²) in [5, 5.41) is 0. The van der Waals surface area contributed by atoms with Crippen LogP contribution >= 0.6 is 0 Å². The van der Waals surface area contributed by atoms with Gasteiger partial charge in [0.15, 0.2) is 0 Å². The van der Waals surface area contributed by atoms with E-state index in [1.165, 1.54) is 17.7 Å². The number of halogens is 2. The van der Waals surface area contributed by atoms with Crippen molar-refractivity contribution in [1.29, 1.82) is 0 Å². The molecule has 144 valence electrons. The van der Waals surface area contributed by atoms with E-state index in [0.717, 1.165) is 37.9 Å². The Kier molecular flexibility index (Phi) is 6.80. The molecule has 27 heavy (non-hydrogen) atoms. The molecule has 1 saturated heterocycles. The summed E-state index contributed by atoms with van der Waals surface area (Å²) in [5.74, 6) is 0.945. The quantitative estimate of drug-likeness (QED) is 0.704. The number of piperidine rings is 1. The van der Waals surface area contributed by atoms with Crippen LogP contribution in [-0.4, -0.2) is 30.5 Å². The van der Waals surface area contributed by atoms with Gasteiger partial charge in [0.05, 0.1) is 0 Å². The van der Waals surface area contributed by atoms with Gasteiger partial charge in [-0.3, -0.25) is 4.79 Å². The topological polar surface area (TPSA) is 29.5 Å². The van der Waals surface area contributed by atoms with Crippen LogP contribution in [0.4, 0.5) is 8.78 Å². The summed E-state index contributed by atoms with van der Waals surface area (Å²) in [6, 6.07) is 17.0. The number of alkyl halides is 2. The van der Waals surface area contributed by atoms with Gasteiger partial charge in [0.1, 0.15) is 5.75 Å². The summed E-state index contributed by atoms with van der Waals surface area (Å²) in [4.78, 5) is 14.4. The lowest BCUT2D eigenvalue weighted by Gasteiger charge is -2.32. The van der Waals surface area contributed by atoms with E-state index >= 15 is 0 Å². The first-order valence-electron chi connectivity index (χ1n) is 9.45. The Morgan fingerprint density at radius 3 is 2.30 bits per heavy atom. The molecule has 1 heterocycles. The molecule has 0 aliphatic carbocycles. The predicted octanol–water partition coefficient (Wildman–Crippen LogP) is 4.70. The zero-order valence-corrected chi connectivity index (χ0v) is 15.3. The molecule has 1 amide bonds. The van der Waals surface area contributed by atoms with Gasteiger partial charge in [-0.05, 0) is 54.9 Å².